The summed E-state index contributed by atoms with van der Waals surface area (Å²) in [5.74, 6) is -0.0210. The Kier molecular flexibility index (Phi) is 5.32. The number of alkyl halides is 3. The minimum Gasteiger partial charge on any atom is -0.454 e. The van der Waals surface area contributed by atoms with Crippen molar-refractivity contribution >= 4 is 27.8 Å². The van der Waals surface area contributed by atoms with Gasteiger partial charge in [-0.2, -0.15) is 13.2 Å². The van der Waals surface area contributed by atoms with Gasteiger partial charge in [-0.25, -0.2) is 9.78 Å². The fourth-order valence-corrected chi connectivity index (χ4v) is 4.13. The summed E-state index contributed by atoms with van der Waals surface area (Å²) in [4.78, 5) is 19.2. The van der Waals surface area contributed by atoms with Crippen molar-refractivity contribution in [3.63, 3.8) is 0 Å². The van der Waals surface area contributed by atoms with Crippen molar-refractivity contribution in [1.29, 1.82) is 0 Å². The zero-order valence-corrected chi connectivity index (χ0v) is 17.9. The van der Waals surface area contributed by atoms with E-state index in [1.807, 2.05) is 0 Å². The Morgan fingerprint density at radius 2 is 1.94 bits per heavy atom. The van der Waals surface area contributed by atoms with Crippen LogP contribution in [-0.4, -0.2) is 35.2 Å². The number of carbonyl (C=O) groups is 1. The van der Waals surface area contributed by atoms with E-state index in [4.69, 9.17) is 9.15 Å². The molecule has 0 N–H and O–H groups in total. The molecule has 1 atom stereocenters. The van der Waals surface area contributed by atoms with Crippen molar-refractivity contribution in [3.8, 4) is 11.5 Å². The number of esters is 1. The van der Waals surface area contributed by atoms with Crippen molar-refractivity contribution in [2.24, 2.45) is 0 Å². The number of fused-ring (bicyclic) bond motifs is 2. The molecule has 0 unspecified atom stereocenters. The lowest BCUT2D eigenvalue weighted by atomic mass is 10.1. The van der Waals surface area contributed by atoms with Crippen molar-refractivity contribution in [2.75, 3.05) is 13.3 Å². The van der Waals surface area contributed by atoms with Gasteiger partial charge in [0.05, 0.1) is 16.6 Å². The summed E-state index contributed by atoms with van der Waals surface area (Å²) >= 11 is 0. The first-order valence-corrected chi connectivity index (χ1v) is 10.7. The highest BCUT2D eigenvalue weighted by Gasteiger charge is 2.31. The average Bonchev–Trinajstić information content (AvgIpc) is 3.41. The van der Waals surface area contributed by atoms with Gasteiger partial charge in [0.1, 0.15) is 18.0 Å². The first kappa shape index (κ1) is 21.5. The molecule has 1 aliphatic rings. The van der Waals surface area contributed by atoms with Crippen LogP contribution >= 0.6 is 0 Å². The van der Waals surface area contributed by atoms with Gasteiger partial charge in [-0.05, 0) is 62.2 Å². The number of carbonyl (C=O) groups excluding carboxylic acids is 1. The topological polar surface area (TPSA) is 55.6 Å². The summed E-state index contributed by atoms with van der Waals surface area (Å²) < 4.78 is 50.0. The van der Waals surface area contributed by atoms with E-state index in [-0.39, 0.29) is 12.3 Å². The van der Waals surface area contributed by atoms with E-state index >= 15 is 0 Å². The van der Waals surface area contributed by atoms with E-state index in [1.54, 1.807) is 36.4 Å². The van der Waals surface area contributed by atoms with Crippen LogP contribution in [0.3, 0.4) is 0 Å². The second-order valence-electron chi connectivity index (χ2n) is 8.33. The quantitative estimate of drug-likeness (QED) is 0.341. The second-order valence-corrected chi connectivity index (χ2v) is 8.33. The predicted molar refractivity (Wildman–Crippen MR) is 118 cm³/mol. The minimum absolute atomic E-state index is 0.145. The molecule has 5 nitrogen and oxygen atoms in total. The van der Waals surface area contributed by atoms with E-state index in [2.05, 4.69) is 16.8 Å². The number of furan rings is 1. The molecule has 0 bridgehead atoms. The molecule has 1 aliphatic heterocycles. The summed E-state index contributed by atoms with van der Waals surface area (Å²) in [7, 11) is 0. The maximum absolute atomic E-state index is 13.0. The van der Waals surface area contributed by atoms with Gasteiger partial charge in [0.25, 0.3) is 0 Å². The molecule has 8 heteroatoms. The Morgan fingerprint density at radius 3 is 2.70 bits per heavy atom. The van der Waals surface area contributed by atoms with Crippen LogP contribution in [0, 0.1) is 0 Å². The van der Waals surface area contributed by atoms with Gasteiger partial charge in [-0.1, -0.05) is 12.1 Å². The number of nitrogens with zero attached hydrogens (tertiary/aromatic N) is 2. The van der Waals surface area contributed by atoms with Gasteiger partial charge in [-0.3, -0.25) is 4.90 Å². The second kappa shape index (κ2) is 8.19. The summed E-state index contributed by atoms with van der Waals surface area (Å²) in [6, 6.07) is 14.1. The van der Waals surface area contributed by atoms with E-state index in [9.17, 15) is 18.0 Å². The first-order chi connectivity index (χ1) is 15.8. The molecule has 3 heterocycles. The summed E-state index contributed by atoms with van der Waals surface area (Å²) in [6.45, 7) is 3.33. The maximum Gasteiger partial charge on any atom is 0.416 e. The molecular weight excluding hydrogens is 433 g/mol. The lowest BCUT2D eigenvalue weighted by Gasteiger charge is -2.20. The molecular formula is C25H21F3N2O3. The molecule has 0 aliphatic carbocycles. The number of pyridine rings is 1. The SMILES string of the molecule is C[C@H]1CCCN1COC(=O)c1ccc2nc(-c3cc4ccc(C(F)(F)F)cc4o3)ccc2c1. The standard InChI is InChI=1S/C25H21F3N2O3/c1-15-3-2-10-30(15)14-32-24(31)18-6-8-20-16(11-18)5-9-21(29-20)23-12-17-4-7-19(25(26,27)28)13-22(17)33-23/h4-9,11-13,15H,2-3,10,14H2,1H3/t15-/m0/s1. The van der Waals surface area contributed by atoms with Crippen molar-refractivity contribution in [3.05, 3.63) is 65.7 Å². The number of halogens is 3. The molecule has 1 saturated heterocycles. The van der Waals surface area contributed by atoms with E-state index in [0.29, 0.717) is 34.0 Å². The van der Waals surface area contributed by atoms with Gasteiger partial charge >= 0.3 is 12.1 Å². The molecule has 0 amide bonds. The highest BCUT2D eigenvalue weighted by molar-refractivity contribution is 5.95. The normalized spacial score (nSPS) is 17.2. The fraction of sp³-hybridized carbons (Fsp3) is 0.280. The average molecular weight is 454 g/mol. The number of likely N-dealkylation sites (tertiary alicyclic amines) is 1. The molecule has 5 rings (SSSR count). The molecule has 0 saturated carbocycles. The molecule has 170 valence electrons. The zero-order valence-electron chi connectivity index (χ0n) is 17.9. The maximum atomic E-state index is 13.0. The number of rotatable bonds is 4. The molecule has 33 heavy (non-hydrogen) atoms. The van der Waals surface area contributed by atoms with E-state index < -0.39 is 17.7 Å². The van der Waals surface area contributed by atoms with E-state index in [1.165, 1.54) is 6.07 Å². The Labute approximate surface area is 187 Å². The van der Waals surface area contributed by atoms with Gasteiger partial charge in [-0.15, -0.1) is 0 Å². The molecule has 4 aromatic rings. The smallest absolute Gasteiger partial charge is 0.416 e. The van der Waals surface area contributed by atoms with Crippen LogP contribution in [-0.2, 0) is 10.9 Å². The number of benzene rings is 2. The zero-order chi connectivity index (χ0) is 23.2. The summed E-state index contributed by atoms with van der Waals surface area (Å²) in [6.07, 6.45) is -2.22. The van der Waals surface area contributed by atoms with Gasteiger partial charge < -0.3 is 9.15 Å². The van der Waals surface area contributed by atoms with Crippen molar-refractivity contribution in [1.82, 2.24) is 9.88 Å². The Morgan fingerprint density at radius 1 is 1.12 bits per heavy atom. The summed E-state index contributed by atoms with van der Waals surface area (Å²) in [5, 5.41) is 1.31. The van der Waals surface area contributed by atoms with Gasteiger partial charge in [0.15, 0.2) is 5.76 Å². The number of hydrogen-bond donors (Lipinski definition) is 0. The minimum atomic E-state index is -4.44. The number of ether oxygens (including phenoxy) is 1. The largest absolute Gasteiger partial charge is 0.454 e. The van der Waals surface area contributed by atoms with Crippen LogP contribution in [0.2, 0.25) is 0 Å². The molecule has 2 aromatic carbocycles. The lowest BCUT2D eigenvalue weighted by Crippen LogP contribution is -2.30. The Bertz CT molecular complexity index is 1350. The lowest BCUT2D eigenvalue weighted by molar-refractivity contribution is -0.137. The molecule has 0 spiro atoms. The van der Waals surface area contributed by atoms with Crippen LogP contribution in [0.1, 0.15) is 35.7 Å². The molecule has 1 fully saturated rings. The van der Waals surface area contributed by atoms with E-state index in [0.717, 1.165) is 36.9 Å². The fourth-order valence-electron chi connectivity index (χ4n) is 4.13. The van der Waals surface area contributed by atoms with Crippen LogP contribution in [0.15, 0.2) is 59.0 Å². The van der Waals surface area contributed by atoms with Crippen LogP contribution in [0.4, 0.5) is 13.2 Å². The number of aromatic nitrogens is 1. The predicted octanol–water partition coefficient (Wildman–Crippen LogP) is 6.27. The third-order valence-electron chi connectivity index (χ3n) is 6.08. The Balaban J connectivity index is 1.37. The third-order valence-corrected chi connectivity index (χ3v) is 6.08. The van der Waals surface area contributed by atoms with Crippen LogP contribution in [0.5, 0.6) is 0 Å². The first-order valence-electron chi connectivity index (χ1n) is 10.7. The summed E-state index contributed by atoms with van der Waals surface area (Å²) in [5.41, 5.74) is 0.944. The molecule has 0 radical (unpaired) electrons. The third kappa shape index (κ3) is 4.30. The van der Waals surface area contributed by atoms with Crippen molar-refractivity contribution in [2.45, 2.75) is 32.0 Å². The van der Waals surface area contributed by atoms with Crippen LogP contribution in [0.25, 0.3) is 33.3 Å². The van der Waals surface area contributed by atoms with Gasteiger partial charge in [0, 0.05) is 23.4 Å². The van der Waals surface area contributed by atoms with Crippen molar-refractivity contribution < 1.29 is 27.1 Å². The monoisotopic (exact) mass is 454 g/mol. The Hall–Kier alpha value is -3.39. The highest BCUT2D eigenvalue weighted by atomic mass is 19.4. The van der Waals surface area contributed by atoms with Gasteiger partial charge in [0.2, 0.25) is 0 Å². The highest BCUT2D eigenvalue weighted by Crippen LogP contribution is 2.34. The number of hydrogen-bond acceptors (Lipinski definition) is 5. The molecule has 2 aromatic heterocycles. The van der Waals surface area contributed by atoms with Crippen LogP contribution < -0.4 is 0 Å².